The Balaban J connectivity index is 2.64. The number of carboxylic acids is 1. The Labute approximate surface area is 94.5 Å². The van der Waals surface area contributed by atoms with E-state index < -0.39 is 11.6 Å². The molecule has 0 fully saturated rings. The Morgan fingerprint density at radius 2 is 2.00 bits per heavy atom. The maximum absolute atomic E-state index is 10.9. The Morgan fingerprint density at radius 1 is 1.38 bits per heavy atom. The molecule has 16 heavy (non-hydrogen) atoms. The fourth-order valence-electron chi connectivity index (χ4n) is 1.18. The Bertz CT molecular complexity index is 366. The molecule has 0 radical (unpaired) electrons. The molecule has 0 saturated heterocycles. The smallest absolute Gasteiger partial charge is 0.339 e. The molecule has 0 aromatic heterocycles. The van der Waals surface area contributed by atoms with Crippen LogP contribution in [0.25, 0.3) is 0 Å². The van der Waals surface area contributed by atoms with E-state index in [9.17, 15) is 9.90 Å². The van der Waals surface area contributed by atoms with Crippen LogP contribution in [0.4, 0.5) is 0 Å². The van der Waals surface area contributed by atoms with Crippen LogP contribution >= 0.6 is 0 Å². The predicted molar refractivity (Wildman–Crippen MR) is 59.8 cm³/mol. The number of hydrogen-bond donors (Lipinski definition) is 2. The van der Waals surface area contributed by atoms with Crippen molar-refractivity contribution in [2.24, 2.45) is 0 Å². The van der Waals surface area contributed by atoms with Gasteiger partial charge in [-0.15, -0.1) is 0 Å². The highest BCUT2D eigenvalue weighted by Crippen LogP contribution is 2.18. The van der Waals surface area contributed by atoms with Gasteiger partial charge in [0.05, 0.1) is 12.2 Å². The van der Waals surface area contributed by atoms with Gasteiger partial charge < -0.3 is 14.9 Å². The lowest BCUT2D eigenvalue weighted by atomic mass is 10.1. The zero-order chi connectivity index (χ0) is 12.2. The lowest BCUT2D eigenvalue weighted by Gasteiger charge is -2.17. The van der Waals surface area contributed by atoms with Crippen LogP contribution in [0.15, 0.2) is 24.3 Å². The number of para-hydroxylation sites is 1. The third-order valence-electron chi connectivity index (χ3n) is 2.09. The third-order valence-corrected chi connectivity index (χ3v) is 2.09. The molecule has 1 rings (SSSR count). The molecular weight excluding hydrogens is 208 g/mol. The van der Waals surface area contributed by atoms with Gasteiger partial charge in [0.2, 0.25) is 0 Å². The highest BCUT2D eigenvalue weighted by atomic mass is 16.5. The van der Waals surface area contributed by atoms with E-state index in [1.54, 1.807) is 32.0 Å². The van der Waals surface area contributed by atoms with E-state index in [0.717, 1.165) is 0 Å². The van der Waals surface area contributed by atoms with Gasteiger partial charge in [-0.2, -0.15) is 0 Å². The van der Waals surface area contributed by atoms with E-state index in [2.05, 4.69) is 0 Å². The molecule has 0 heterocycles. The molecule has 0 unspecified atom stereocenters. The summed E-state index contributed by atoms with van der Waals surface area (Å²) in [6.07, 6.45) is 0.445. The highest BCUT2D eigenvalue weighted by Gasteiger charge is 2.14. The topological polar surface area (TPSA) is 66.8 Å². The van der Waals surface area contributed by atoms with Crippen LogP contribution in [0.5, 0.6) is 5.75 Å². The first kappa shape index (κ1) is 12.5. The third kappa shape index (κ3) is 3.90. The first-order valence-electron chi connectivity index (χ1n) is 5.08. The first-order chi connectivity index (χ1) is 7.40. The molecule has 0 atom stereocenters. The zero-order valence-electron chi connectivity index (χ0n) is 9.43. The van der Waals surface area contributed by atoms with Crippen molar-refractivity contribution in [1.82, 2.24) is 0 Å². The number of ether oxygens (including phenoxy) is 1. The van der Waals surface area contributed by atoms with Crippen molar-refractivity contribution in [2.75, 3.05) is 6.61 Å². The number of hydrogen-bond acceptors (Lipinski definition) is 3. The van der Waals surface area contributed by atoms with Crippen LogP contribution in [0.1, 0.15) is 30.6 Å². The van der Waals surface area contributed by atoms with E-state index >= 15 is 0 Å². The van der Waals surface area contributed by atoms with Gasteiger partial charge in [0, 0.05) is 6.42 Å². The summed E-state index contributed by atoms with van der Waals surface area (Å²) in [5.41, 5.74) is -0.670. The van der Waals surface area contributed by atoms with E-state index in [4.69, 9.17) is 9.84 Å². The van der Waals surface area contributed by atoms with Crippen molar-refractivity contribution in [1.29, 1.82) is 0 Å². The molecule has 0 aliphatic heterocycles. The van der Waals surface area contributed by atoms with Gasteiger partial charge in [-0.3, -0.25) is 0 Å². The number of rotatable bonds is 5. The molecule has 2 N–H and O–H groups in total. The second kappa shape index (κ2) is 4.99. The maximum Gasteiger partial charge on any atom is 0.339 e. The Morgan fingerprint density at radius 3 is 2.56 bits per heavy atom. The van der Waals surface area contributed by atoms with Crippen LogP contribution < -0.4 is 4.74 Å². The molecule has 1 aromatic carbocycles. The summed E-state index contributed by atoms with van der Waals surface area (Å²) in [7, 11) is 0. The minimum absolute atomic E-state index is 0.137. The second-order valence-electron chi connectivity index (χ2n) is 4.21. The molecule has 0 aliphatic carbocycles. The largest absolute Gasteiger partial charge is 0.493 e. The summed E-state index contributed by atoms with van der Waals surface area (Å²) >= 11 is 0. The van der Waals surface area contributed by atoms with E-state index in [1.807, 2.05) is 0 Å². The summed E-state index contributed by atoms with van der Waals surface area (Å²) in [6.45, 7) is 3.65. The van der Waals surface area contributed by atoms with Gasteiger partial charge >= 0.3 is 5.97 Å². The van der Waals surface area contributed by atoms with Crippen LogP contribution in [0.2, 0.25) is 0 Å². The van der Waals surface area contributed by atoms with E-state index in [1.165, 1.54) is 6.07 Å². The number of benzene rings is 1. The number of aliphatic hydroxyl groups is 1. The molecule has 88 valence electrons. The maximum atomic E-state index is 10.9. The molecular formula is C12H16O4. The molecule has 0 aliphatic rings. The van der Waals surface area contributed by atoms with Crippen molar-refractivity contribution >= 4 is 5.97 Å². The summed E-state index contributed by atoms with van der Waals surface area (Å²) in [5, 5.41) is 18.4. The normalized spacial score (nSPS) is 11.2. The van der Waals surface area contributed by atoms with Crippen LogP contribution in [-0.2, 0) is 0 Å². The second-order valence-corrected chi connectivity index (χ2v) is 4.21. The quantitative estimate of drug-likeness (QED) is 0.801. The summed E-state index contributed by atoms with van der Waals surface area (Å²) in [6, 6.07) is 6.45. The number of carboxylic acid groups (broad SMARTS) is 1. The van der Waals surface area contributed by atoms with E-state index in [0.29, 0.717) is 12.2 Å². The predicted octanol–water partition coefficient (Wildman–Crippen LogP) is 1.92. The summed E-state index contributed by atoms with van der Waals surface area (Å²) < 4.78 is 5.33. The minimum Gasteiger partial charge on any atom is -0.493 e. The minimum atomic E-state index is -1.01. The molecule has 0 saturated carbocycles. The van der Waals surface area contributed by atoms with Crippen molar-refractivity contribution < 1.29 is 19.7 Å². The molecule has 4 nitrogen and oxygen atoms in total. The van der Waals surface area contributed by atoms with Gasteiger partial charge in [-0.1, -0.05) is 12.1 Å². The summed E-state index contributed by atoms with van der Waals surface area (Å²) in [4.78, 5) is 10.9. The Kier molecular flexibility index (Phi) is 3.90. The average Bonchev–Trinajstić information content (AvgIpc) is 2.16. The van der Waals surface area contributed by atoms with E-state index in [-0.39, 0.29) is 12.2 Å². The van der Waals surface area contributed by atoms with Crippen LogP contribution in [-0.4, -0.2) is 28.4 Å². The van der Waals surface area contributed by atoms with Crippen molar-refractivity contribution in [3.8, 4) is 5.75 Å². The standard InChI is InChI=1S/C12H16O4/c1-12(2,15)7-8-16-10-6-4-3-5-9(10)11(13)14/h3-6,15H,7-8H2,1-2H3,(H,13,14). The fraction of sp³-hybridized carbons (Fsp3) is 0.417. The van der Waals surface area contributed by atoms with Crippen molar-refractivity contribution in [3.05, 3.63) is 29.8 Å². The molecule has 0 amide bonds. The number of aromatic carboxylic acids is 1. The summed E-state index contributed by atoms with van der Waals surface area (Å²) in [5.74, 6) is -0.682. The number of carbonyl (C=O) groups is 1. The lowest BCUT2D eigenvalue weighted by molar-refractivity contribution is 0.0548. The lowest BCUT2D eigenvalue weighted by Crippen LogP contribution is -2.22. The van der Waals surface area contributed by atoms with Gasteiger partial charge in [0.15, 0.2) is 0 Å². The zero-order valence-corrected chi connectivity index (χ0v) is 9.43. The van der Waals surface area contributed by atoms with Gasteiger partial charge in [-0.05, 0) is 26.0 Å². The molecule has 0 spiro atoms. The highest BCUT2D eigenvalue weighted by molar-refractivity contribution is 5.90. The van der Waals surface area contributed by atoms with Crippen molar-refractivity contribution in [3.63, 3.8) is 0 Å². The average molecular weight is 224 g/mol. The van der Waals surface area contributed by atoms with Gasteiger partial charge in [0.1, 0.15) is 11.3 Å². The fourth-order valence-corrected chi connectivity index (χ4v) is 1.18. The van der Waals surface area contributed by atoms with Gasteiger partial charge in [0.25, 0.3) is 0 Å². The van der Waals surface area contributed by atoms with Crippen LogP contribution in [0, 0.1) is 0 Å². The first-order valence-corrected chi connectivity index (χ1v) is 5.08. The van der Waals surface area contributed by atoms with Crippen LogP contribution in [0.3, 0.4) is 0 Å². The SMILES string of the molecule is CC(C)(O)CCOc1ccccc1C(=O)O. The monoisotopic (exact) mass is 224 g/mol. The Hall–Kier alpha value is -1.55. The van der Waals surface area contributed by atoms with Gasteiger partial charge in [-0.25, -0.2) is 4.79 Å². The molecule has 4 heteroatoms. The molecule has 1 aromatic rings. The molecule has 0 bridgehead atoms. The van der Waals surface area contributed by atoms with Crippen molar-refractivity contribution in [2.45, 2.75) is 25.9 Å².